The van der Waals surface area contributed by atoms with E-state index in [0.29, 0.717) is 16.5 Å². The highest BCUT2D eigenvalue weighted by Gasteiger charge is 2.20. The van der Waals surface area contributed by atoms with Crippen molar-refractivity contribution in [1.82, 2.24) is 0 Å². The Morgan fingerprint density at radius 3 is 2.48 bits per heavy atom. The fourth-order valence-electron chi connectivity index (χ4n) is 2.57. The summed E-state index contributed by atoms with van der Waals surface area (Å²) >= 11 is 16.1. The van der Waals surface area contributed by atoms with Crippen molar-refractivity contribution in [2.45, 2.75) is 31.0 Å². The topological polar surface area (TPSA) is 37.3 Å². The number of aliphatic carboxylic acids is 1. The fraction of sp³-hybridized carbons (Fsp3) is 0.278. The minimum absolute atomic E-state index is 0.0132. The highest BCUT2D eigenvalue weighted by molar-refractivity contribution is 9.08. The number of carboxylic acids is 1. The smallest absolute Gasteiger partial charge is 0.303 e. The van der Waals surface area contributed by atoms with Crippen LogP contribution in [0.25, 0.3) is 0 Å². The van der Waals surface area contributed by atoms with Crippen molar-refractivity contribution >= 4 is 45.1 Å². The average Bonchev–Trinajstić information content (AvgIpc) is 2.48. The van der Waals surface area contributed by atoms with Gasteiger partial charge in [-0.2, -0.15) is 0 Å². The third kappa shape index (κ3) is 4.97. The van der Waals surface area contributed by atoms with E-state index in [9.17, 15) is 9.90 Å². The van der Waals surface area contributed by atoms with Gasteiger partial charge in [0, 0.05) is 15.4 Å². The summed E-state index contributed by atoms with van der Waals surface area (Å²) in [5.74, 6) is -1.06. The second-order valence-corrected chi connectivity index (χ2v) is 6.96. The Bertz CT molecular complexity index is 716. The first-order valence-electron chi connectivity index (χ1n) is 7.21. The molecule has 0 aliphatic rings. The van der Waals surface area contributed by atoms with Crippen LogP contribution in [0.2, 0.25) is 10.0 Å². The number of alkyl halides is 1. The summed E-state index contributed by atoms with van der Waals surface area (Å²) < 4.78 is 0. The van der Waals surface area contributed by atoms with Crippen LogP contribution in [0.15, 0.2) is 36.4 Å². The Labute approximate surface area is 154 Å². The number of hydrogen-bond donors (Lipinski definition) is 1. The Kier molecular flexibility index (Phi) is 6.51. The predicted molar refractivity (Wildman–Crippen MR) is 99.0 cm³/mol. The van der Waals surface area contributed by atoms with Gasteiger partial charge in [-0.3, -0.25) is 4.79 Å². The van der Waals surface area contributed by atoms with Crippen molar-refractivity contribution in [3.05, 3.63) is 68.7 Å². The molecule has 2 aromatic carbocycles. The van der Waals surface area contributed by atoms with E-state index in [2.05, 4.69) is 15.9 Å². The van der Waals surface area contributed by atoms with Gasteiger partial charge in [-0.05, 0) is 53.6 Å². The third-order valence-electron chi connectivity index (χ3n) is 3.75. The fourth-order valence-corrected chi connectivity index (χ4v) is 3.59. The van der Waals surface area contributed by atoms with Gasteiger partial charge in [0.25, 0.3) is 0 Å². The van der Waals surface area contributed by atoms with Gasteiger partial charge in [-0.25, -0.2) is 0 Å². The zero-order valence-electron chi connectivity index (χ0n) is 12.7. The van der Waals surface area contributed by atoms with Crippen LogP contribution in [0.5, 0.6) is 0 Å². The summed E-state index contributed by atoms with van der Waals surface area (Å²) in [6, 6.07) is 11.6. The van der Waals surface area contributed by atoms with E-state index >= 15 is 0 Å². The van der Waals surface area contributed by atoms with Crippen molar-refractivity contribution in [2.75, 3.05) is 0 Å². The Morgan fingerprint density at radius 1 is 1.17 bits per heavy atom. The van der Waals surface area contributed by atoms with Crippen molar-refractivity contribution in [2.24, 2.45) is 0 Å². The maximum Gasteiger partial charge on any atom is 0.303 e. The number of aryl methyl sites for hydroxylation is 1. The first-order valence-corrected chi connectivity index (χ1v) is 9.09. The molecule has 0 amide bonds. The molecule has 0 radical (unpaired) electrons. The van der Waals surface area contributed by atoms with E-state index in [-0.39, 0.29) is 12.3 Å². The molecule has 0 bridgehead atoms. The number of carboxylic acid groups (broad SMARTS) is 1. The third-order valence-corrected chi connectivity index (χ3v) is 5.08. The Balaban J connectivity index is 2.34. The van der Waals surface area contributed by atoms with Crippen LogP contribution in [0.3, 0.4) is 0 Å². The molecule has 23 heavy (non-hydrogen) atoms. The summed E-state index contributed by atoms with van der Waals surface area (Å²) in [5.41, 5.74) is 3.91. The van der Waals surface area contributed by atoms with Gasteiger partial charge in [-0.15, -0.1) is 0 Å². The molecule has 5 heteroatoms. The molecule has 0 heterocycles. The number of carbonyl (C=O) groups is 1. The highest BCUT2D eigenvalue weighted by atomic mass is 79.9. The molecule has 0 aromatic heterocycles. The van der Waals surface area contributed by atoms with Gasteiger partial charge in [0.1, 0.15) is 0 Å². The van der Waals surface area contributed by atoms with E-state index in [1.165, 1.54) is 0 Å². The van der Waals surface area contributed by atoms with Crippen LogP contribution in [-0.4, -0.2) is 11.1 Å². The lowest BCUT2D eigenvalue weighted by molar-refractivity contribution is -0.137. The van der Waals surface area contributed by atoms with Crippen molar-refractivity contribution in [3.8, 4) is 0 Å². The van der Waals surface area contributed by atoms with Crippen LogP contribution in [0.1, 0.15) is 34.6 Å². The van der Waals surface area contributed by atoms with Gasteiger partial charge < -0.3 is 5.11 Å². The van der Waals surface area contributed by atoms with Crippen molar-refractivity contribution in [1.29, 1.82) is 0 Å². The van der Waals surface area contributed by atoms with Crippen molar-refractivity contribution in [3.63, 3.8) is 0 Å². The molecular formula is C18H17BrCl2O2. The van der Waals surface area contributed by atoms with Crippen LogP contribution in [-0.2, 0) is 16.5 Å². The van der Waals surface area contributed by atoms with E-state index in [1.807, 2.05) is 43.3 Å². The van der Waals surface area contributed by atoms with Gasteiger partial charge in [0.15, 0.2) is 0 Å². The maximum absolute atomic E-state index is 11.3. The van der Waals surface area contributed by atoms with E-state index in [1.54, 1.807) is 0 Å². The maximum atomic E-state index is 11.3. The molecule has 2 aromatic rings. The molecule has 0 saturated carbocycles. The molecule has 1 unspecified atom stereocenters. The van der Waals surface area contributed by atoms with E-state index in [4.69, 9.17) is 23.2 Å². The summed E-state index contributed by atoms with van der Waals surface area (Å²) in [7, 11) is 0. The largest absolute Gasteiger partial charge is 0.481 e. The molecule has 0 saturated heterocycles. The number of benzene rings is 2. The number of rotatable bonds is 6. The predicted octanol–water partition coefficient (Wildman–Crippen LogP) is 6.00. The average molecular weight is 416 g/mol. The second kappa shape index (κ2) is 8.18. The standard InChI is InChI=1S/C18H17BrCl2O2/c1-11-2-5-15(17(21)6-11)14(9-18(22)23)8-13-4-3-12(10-19)7-16(13)20/h2-7,14H,8-10H2,1H3,(H,22,23). The summed E-state index contributed by atoms with van der Waals surface area (Å²) in [6.07, 6.45) is 0.551. The van der Waals surface area contributed by atoms with Crippen molar-refractivity contribution < 1.29 is 9.90 Å². The molecule has 0 spiro atoms. The number of halogens is 3. The first kappa shape index (κ1) is 18.3. The highest BCUT2D eigenvalue weighted by Crippen LogP contribution is 2.33. The molecule has 122 valence electrons. The minimum Gasteiger partial charge on any atom is -0.481 e. The van der Waals surface area contributed by atoms with Crippen LogP contribution < -0.4 is 0 Å². The molecule has 2 rings (SSSR count). The van der Waals surface area contributed by atoms with Crippen LogP contribution in [0, 0.1) is 6.92 Å². The summed E-state index contributed by atoms with van der Waals surface area (Å²) in [4.78, 5) is 11.3. The van der Waals surface area contributed by atoms with E-state index in [0.717, 1.165) is 27.6 Å². The molecule has 1 N–H and O–H groups in total. The monoisotopic (exact) mass is 414 g/mol. The van der Waals surface area contributed by atoms with Gasteiger partial charge in [0.05, 0.1) is 6.42 Å². The molecule has 1 atom stereocenters. The van der Waals surface area contributed by atoms with Gasteiger partial charge >= 0.3 is 5.97 Å². The zero-order valence-corrected chi connectivity index (χ0v) is 15.7. The molecule has 0 fully saturated rings. The van der Waals surface area contributed by atoms with Gasteiger partial charge in [0.2, 0.25) is 0 Å². The second-order valence-electron chi connectivity index (χ2n) is 5.58. The Morgan fingerprint density at radius 2 is 1.91 bits per heavy atom. The molecule has 0 aliphatic carbocycles. The molecule has 2 nitrogen and oxygen atoms in total. The van der Waals surface area contributed by atoms with Crippen LogP contribution >= 0.6 is 39.1 Å². The molecule has 0 aliphatic heterocycles. The normalized spacial score (nSPS) is 12.2. The lowest BCUT2D eigenvalue weighted by atomic mass is 9.88. The zero-order chi connectivity index (χ0) is 17.0. The molecular weight excluding hydrogens is 399 g/mol. The lowest BCUT2D eigenvalue weighted by Gasteiger charge is -2.18. The lowest BCUT2D eigenvalue weighted by Crippen LogP contribution is -2.10. The summed E-state index contributed by atoms with van der Waals surface area (Å²) in [5, 5.41) is 11.2. The van der Waals surface area contributed by atoms with Crippen LogP contribution in [0.4, 0.5) is 0 Å². The number of hydrogen-bond acceptors (Lipinski definition) is 1. The minimum atomic E-state index is -0.847. The first-order chi connectivity index (χ1) is 10.9. The van der Waals surface area contributed by atoms with E-state index < -0.39 is 5.97 Å². The Hall–Kier alpha value is -1.03. The summed E-state index contributed by atoms with van der Waals surface area (Å²) in [6.45, 7) is 1.96. The quantitative estimate of drug-likeness (QED) is 0.587. The SMILES string of the molecule is Cc1ccc(C(CC(=O)O)Cc2ccc(CBr)cc2Cl)c(Cl)c1. The van der Waals surface area contributed by atoms with Gasteiger partial charge in [-0.1, -0.05) is 63.4 Å².